The molecule has 0 saturated carbocycles. The molecule has 1 unspecified atom stereocenters. The Morgan fingerprint density at radius 2 is 2.18 bits per heavy atom. The third-order valence-electron chi connectivity index (χ3n) is 4.07. The fourth-order valence-corrected chi connectivity index (χ4v) is 3.02. The van der Waals surface area contributed by atoms with Crippen LogP contribution in [0.3, 0.4) is 0 Å². The molecule has 1 fully saturated rings. The number of hydrogen-bond acceptors (Lipinski definition) is 2. The van der Waals surface area contributed by atoms with Crippen molar-refractivity contribution in [1.29, 1.82) is 0 Å². The molecule has 0 aliphatic carbocycles. The molecule has 2 nitrogen and oxygen atoms in total. The highest BCUT2D eigenvalue weighted by molar-refractivity contribution is 5.56. The summed E-state index contributed by atoms with van der Waals surface area (Å²) >= 11 is 0. The molecule has 2 aliphatic heterocycles. The summed E-state index contributed by atoms with van der Waals surface area (Å²) in [6.45, 7) is 2.34. The zero-order valence-electron chi connectivity index (χ0n) is 10.5. The first-order valence-corrected chi connectivity index (χ1v) is 7.01. The minimum Gasteiger partial charge on any atom is -0.384 e. The minimum absolute atomic E-state index is 0.759. The topological polar surface area (TPSA) is 24.1 Å². The van der Waals surface area contributed by atoms with Crippen LogP contribution in [-0.4, -0.2) is 19.1 Å². The molecule has 17 heavy (non-hydrogen) atoms. The van der Waals surface area contributed by atoms with Crippen molar-refractivity contribution in [3.8, 4) is 0 Å². The molecule has 1 aromatic carbocycles. The quantitative estimate of drug-likeness (QED) is 0.834. The normalized spacial score (nSPS) is 23.2. The number of nitrogens with one attached hydrogen (secondary N) is 2. The van der Waals surface area contributed by atoms with Crippen LogP contribution in [0.1, 0.15) is 36.8 Å². The van der Waals surface area contributed by atoms with Gasteiger partial charge in [-0.2, -0.15) is 0 Å². The molecule has 0 bridgehead atoms. The van der Waals surface area contributed by atoms with E-state index in [0.717, 1.165) is 12.6 Å². The number of anilines is 1. The Morgan fingerprint density at radius 3 is 3.06 bits per heavy atom. The number of aryl methyl sites for hydroxylation is 1. The summed E-state index contributed by atoms with van der Waals surface area (Å²) < 4.78 is 0. The van der Waals surface area contributed by atoms with Gasteiger partial charge in [0.15, 0.2) is 0 Å². The van der Waals surface area contributed by atoms with Crippen molar-refractivity contribution in [2.75, 3.05) is 18.4 Å². The molecule has 1 atom stereocenters. The number of fused-ring (bicyclic) bond motifs is 1. The molecule has 2 heterocycles. The van der Waals surface area contributed by atoms with Crippen molar-refractivity contribution in [1.82, 2.24) is 5.32 Å². The highest BCUT2D eigenvalue weighted by atomic mass is 14.9. The standard InChI is InChI=1S/C15H22N2/c1-2-9-16-14(3-1)6-4-12-5-7-15-13(11-12)8-10-17-15/h5,7,11,14,16-17H,1-4,6,8-10H2. The van der Waals surface area contributed by atoms with E-state index in [1.165, 1.54) is 61.9 Å². The molecule has 1 aromatic rings. The van der Waals surface area contributed by atoms with Crippen LogP contribution in [0, 0.1) is 0 Å². The van der Waals surface area contributed by atoms with E-state index in [4.69, 9.17) is 0 Å². The van der Waals surface area contributed by atoms with Gasteiger partial charge in [0, 0.05) is 18.3 Å². The molecule has 2 heteroatoms. The van der Waals surface area contributed by atoms with Gasteiger partial charge in [-0.15, -0.1) is 0 Å². The Bertz CT molecular complexity index is 381. The van der Waals surface area contributed by atoms with E-state index in [2.05, 4.69) is 28.8 Å². The molecule has 3 rings (SSSR count). The lowest BCUT2D eigenvalue weighted by atomic mass is 9.97. The third kappa shape index (κ3) is 2.63. The Labute approximate surface area is 104 Å². The molecular formula is C15H22N2. The molecular weight excluding hydrogens is 208 g/mol. The smallest absolute Gasteiger partial charge is 0.0373 e. The minimum atomic E-state index is 0.759. The van der Waals surface area contributed by atoms with Gasteiger partial charge in [-0.05, 0) is 55.8 Å². The molecule has 0 spiro atoms. The summed E-state index contributed by atoms with van der Waals surface area (Å²) in [5.41, 5.74) is 4.38. The summed E-state index contributed by atoms with van der Waals surface area (Å²) in [5.74, 6) is 0. The summed E-state index contributed by atoms with van der Waals surface area (Å²) in [4.78, 5) is 0. The summed E-state index contributed by atoms with van der Waals surface area (Å²) in [6, 6.07) is 7.71. The average Bonchev–Trinajstić information content (AvgIpc) is 2.85. The summed E-state index contributed by atoms with van der Waals surface area (Å²) in [7, 11) is 0. The maximum Gasteiger partial charge on any atom is 0.0373 e. The van der Waals surface area contributed by atoms with Gasteiger partial charge in [0.1, 0.15) is 0 Å². The SMILES string of the molecule is c1cc2c(cc1CCC1CCCCN1)CCN2. The molecule has 0 radical (unpaired) electrons. The second-order valence-corrected chi connectivity index (χ2v) is 5.35. The molecule has 0 amide bonds. The molecule has 2 aliphatic rings. The molecule has 92 valence electrons. The van der Waals surface area contributed by atoms with Gasteiger partial charge in [-0.3, -0.25) is 0 Å². The van der Waals surface area contributed by atoms with Gasteiger partial charge in [0.05, 0.1) is 0 Å². The first-order chi connectivity index (χ1) is 8.42. The van der Waals surface area contributed by atoms with Crippen LogP contribution in [0.15, 0.2) is 18.2 Å². The lowest BCUT2D eigenvalue weighted by Gasteiger charge is -2.23. The molecule has 0 aromatic heterocycles. The third-order valence-corrected chi connectivity index (χ3v) is 4.07. The van der Waals surface area contributed by atoms with Crippen LogP contribution < -0.4 is 10.6 Å². The largest absolute Gasteiger partial charge is 0.384 e. The van der Waals surface area contributed by atoms with E-state index in [1.54, 1.807) is 0 Å². The number of piperidine rings is 1. The maximum atomic E-state index is 3.63. The van der Waals surface area contributed by atoms with Gasteiger partial charge in [-0.1, -0.05) is 18.6 Å². The summed E-state index contributed by atoms with van der Waals surface area (Å²) in [5, 5.41) is 7.05. The zero-order chi connectivity index (χ0) is 11.5. The van der Waals surface area contributed by atoms with Crippen LogP contribution in [0.2, 0.25) is 0 Å². The van der Waals surface area contributed by atoms with Crippen LogP contribution in [-0.2, 0) is 12.8 Å². The van der Waals surface area contributed by atoms with Gasteiger partial charge in [0.25, 0.3) is 0 Å². The van der Waals surface area contributed by atoms with Crippen LogP contribution in [0.4, 0.5) is 5.69 Å². The second-order valence-electron chi connectivity index (χ2n) is 5.35. The van der Waals surface area contributed by atoms with Crippen molar-refractivity contribution in [2.24, 2.45) is 0 Å². The van der Waals surface area contributed by atoms with E-state index in [-0.39, 0.29) is 0 Å². The number of benzene rings is 1. The maximum absolute atomic E-state index is 3.63. The highest BCUT2D eigenvalue weighted by Crippen LogP contribution is 2.24. The van der Waals surface area contributed by atoms with Crippen molar-refractivity contribution >= 4 is 5.69 Å². The van der Waals surface area contributed by atoms with Crippen LogP contribution in [0.5, 0.6) is 0 Å². The van der Waals surface area contributed by atoms with Crippen molar-refractivity contribution in [3.63, 3.8) is 0 Å². The Hall–Kier alpha value is -1.02. The van der Waals surface area contributed by atoms with E-state index in [0.29, 0.717) is 0 Å². The average molecular weight is 230 g/mol. The zero-order valence-corrected chi connectivity index (χ0v) is 10.5. The van der Waals surface area contributed by atoms with Crippen molar-refractivity contribution in [2.45, 2.75) is 44.6 Å². The van der Waals surface area contributed by atoms with Crippen molar-refractivity contribution < 1.29 is 0 Å². The predicted octanol–water partition coefficient (Wildman–Crippen LogP) is 2.73. The first-order valence-electron chi connectivity index (χ1n) is 7.01. The van der Waals surface area contributed by atoms with E-state index in [9.17, 15) is 0 Å². The fourth-order valence-electron chi connectivity index (χ4n) is 3.02. The van der Waals surface area contributed by atoms with Gasteiger partial charge >= 0.3 is 0 Å². The van der Waals surface area contributed by atoms with Gasteiger partial charge in [0.2, 0.25) is 0 Å². The second kappa shape index (κ2) is 5.09. The van der Waals surface area contributed by atoms with Gasteiger partial charge in [-0.25, -0.2) is 0 Å². The lowest BCUT2D eigenvalue weighted by molar-refractivity contribution is 0.383. The van der Waals surface area contributed by atoms with Crippen LogP contribution in [0.25, 0.3) is 0 Å². The van der Waals surface area contributed by atoms with E-state index < -0.39 is 0 Å². The van der Waals surface area contributed by atoms with Crippen molar-refractivity contribution in [3.05, 3.63) is 29.3 Å². The first kappa shape index (κ1) is 11.1. The predicted molar refractivity (Wildman–Crippen MR) is 72.6 cm³/mol. The molecule has 2 N–H and O–H groups in total. The molecule has 1 saturated heterocycles. The van der Waals surface area contributed by atoms with E-state index in [1.807, 2.05) is 0 Å². The Morgan fingerprint density at radius 1 is 1.18 bits per heavy atom. The summed E-state index contributed by atoms with van der Waals surface area (Å²) in [6.07, 6.45) is 7.86. The number of hydrogen-bond donors (Lipinski definition) is 2. The monoisotopic (exact) mass is 230 g/mol. The van der Waals surface area contributed by atoms with Gasteiger partial charge < -0.3 is 10.6 Å². The van der Waals surface area contributed by atoms with Crippen LogP contribution >= 0.6 is 0 Å². The lowest BCUT2D eigenvalue weighted by Crippen LogP contribution is -2.34. The van der Waals surface area contributed by atoms with E-state index >= 15 is 0 Å². The highest BCUT2D eigenvalue weighted by Gasteiger charge is 2.13. The fraction of sp³-hybridized carbons (Fsp3) is 0.600. The number of rotatable bonds is 3. The Kier molecular flexibility index (Phi) is 3.32. The Balaban J connectivity index is 1.57.